The average molecular weight is 1340 g/mol. The van der Waals surface area contributed by atoms with Crippen LogP contribution in [0.4, 0.5) is 32.1 Å². The Morgan fingerprint density at radius 1 is 0.571 bits per heavy atom. The van der Waals surface area contributed by atoms with Gasteiger partial charge in [0.1, 0.15) is 37.6 Å². The standard InChI is InChI=1S/C36H43FN10O2.C36H45FN10O2/c37-33-35(40-28-6-5-16-46(26-28)32(48)12-13-38)41-34(30-24-39-47-17-2-1-7-31(30)47)42-36(33)45-20-18-44(19-21-45)25-27-8-10-29(11-9-27)49-23-22-43-14-3-4-15-43;1-25-21-45(22-26(2)46(25)23-27-10-12-29(13-11-27)49-19-18-43(3)4)36-33(37)35(40-28-8-7-16-44(24-28)32(48)14-15-38)41-34(42-36)30-20-39-47-17-6-5-9-31(30)47/h1-2,7-11,17,24,28H,3-6,12,14-16,18-23,25-26H2,(H,40,41,42);5-6,9-13,17,20,25-26,28H,7-8,14,16,18-19,21-24H2,1-4H3,(H,40,41,42)/t28-;25-,26+,28-/m11/s1. The Morgan fingerprint density at radius 2 is 1.06 bits per heavy atom. The summed E-state index contributed by atoms with van der Waals surface area (Å²) in [5.41, 5.74) is 5.46. The van der Waals surface area contributed by atoms with Crippen molar-refractivity contribution in [2.45, 2.75) is 102 Å². The van der Waals surface area contributed by atoms with Crippen LogP contribution in [0.25, 0.3) is 33.8 Å². The molecule has 5 aliphatic heterocycles. The lowest BCUT2D eigenvalue weighted by atomic mass is 10.0. The Bertz CT molecular complexity index is 4080. The number of nitrogens with zero attached hydrogens (tertiary/aromatic N) is 18. The first-order valence-electron chi connectivity index (χ1n) is 34.4. The van der Waals surface area contributed by atoms with Crippen LogP contribution < -0.4 is 29.9 Å². The second-order valence-corrected chi connectivity index (χ2v) is 26.4. The summed E-state index contributed by atoms with van der Waals surface area (Å²) in [6.45, 7) is 17.3. The summed E-state index contributed by atoms with van der Waals surface area (Å²) in [4.78, 5) is 60.7. The van der Waals surface area contributed by atoms with Crippen molar-refractivity contribution in [2.24, 2.45) is 0 Å². The number of pyridine rings is 2. The number of ether oxygens (including phenoxy) is 2. The Labute approximate surface area is 571 Å². The molecule has 514 valence electrons. The molecule has 26 heteroatoms. The van der Waals surface area contributed by atoms with Crippen molar-refractivity contribution in [1.82, 2.24) is 68.6 Å². The number of carbonyl (C=O) groups excluding carboxylic acids is 2. The van der Waals surface area contributed by atoms with E-state index in [2.05, 4.69) is 83.5 Å². The van der Waals surface area contributed by atoms with E-state index in [4.69, 9.17) is 34.9 Å². The Hall–Kier alpha value is -9.60. The maximum absolute atomic E-state index is 16.6. The quantitative estimate of drug-likeness (QED) is 0.0648. The minimum Gasteiger partial charge on any atom is -0.492 e. The molecule has 0 radical (unpaired) electrons. The lowest BCUT2D eigenvalue weighted by Crippen LogP contribution is -2.56. The summed E-state index contributed by atoms with van der Waals surface area (Å²) >= 11 is 0. The number of nitriles is 2. The number of carbonyl (C=O) groups is 2. The Morgan fingerprint density at radius 3 is 1.56 bits per heavy atom. The largest absolute Gasteiger partial charge is 0.492 e. The van der Waals surface area contributed by atoms with Gasteiger partial charge in [-0.25, -0.2) is 29.0 Å². The smallest absolute Gasteiger partial charge is 0.236 e. The molecule has 98 heavy (non-hydrogen) atoms. The number of amides is 2. The van der Waals surface area contributed by atoms with Crippen LogP contribution in [0.15, 0.2) is 110 Å². The van der Waals surface area contributed by atoms with Gasteiger partial charge in [0.2, 0.25) is 23.4 Å². The number of nitrogens with one attached hydrogen (secondary N) is 2. The fourth-order valence-electron chi connectivity index (χ4n) is 13.8. The zero-order chi connectivity index (χ0) is 68.1. The molecule has 8 aromatic rings. The number of aromatic nitrogens is 8. The van der Waals surface area contributed by atoms with Gasteiger partial charge in [0.05, 0.1) is 46.7 Å². The number of likely N-dealkylation sites (tertiary alicyclic amines) is 3. The summed E-state index contributed by atoms with van der Waals surface area (Å²) in [5.74, 6) is 1.79. The lowest BCUT2D eigenvalue weighted by molar-refractivity contribution is -0.131. The van der Waals surface area contributed by atoms with Gasteiger partial charge in [0.25, 0.3) is 0 Å². The first-order valence-corrected chi connectivity index (χ1v) is 34.4. The Balaban J connectivity index is 0.000000187. The molecule has 0 aliphatic carbocycles. The fraction of sp³-hybridized carbons (Fsp3) is 0.472. The summed E-state index contributed by atoms with van der Waals surface area (Å²) < 4.78 is 48.3. The molecule has 5 fully saturated rings. The lowest BCUT2D eigenvalue weighted by Gasteiger charge is -2.45. The molecule has 24 nitrogen and oxygen atoms in total. The zero-order valence-corrected chi connectivity index (χ0v) is 56.5. The van der Waals surface area contributed by atoms with Crippen molar-refractivity contribution in [1.29, 1.82) is 10.5 Å². The van der Waals surface area contributed by atoms with Crippen LogP contribution in [0.5, 0.6) is 11.5 Å². The molecule has 6 aromatic heterocycles. The van der Waals surface area contributed by atoms with E-state index >= 15 is 8.78 Å². The van der Waals surface area contributed by atoms with Gasteiger partial charge in [0.15, 0.2) is 34.9 Å². The van der Waals surface area contributed by atoms with Gasteiger partial charge in [-0.15, -0.1) is 0 Å². The molecule has 13 rings (SSSR count). The molecule has 0 spiro atoms. The minimum absolute atomic E-state index is 0.102. The number of benzene rings is 2. The monoisotopic (exact) mass is 1330 g/mol. The first kappa shape index (κ1) is 68.3. The molecule has 0 bridgehead atoms. The fourth-order valence-corrected chi connectivity index (χ4v) is 13.8. The number of anilines is 4. The third-order valence-electron chi connectivity index (χ3n) is 19.1. The highest BCUT2D eigenvalue weighted by Gasteiger charge is 2.35. The van der Waals surface area contributed by atoms with Gasteiger partial charge in [-0.3, -0.25) is 24.3 Å². The van der Waals surface area contributed by atoms with Crippen molar-refractivity contribution in [3.05, 3.63) is 132 Å². The molecule has 4 atom stereocenters. The number of likely N-dealkylation sites (N-methyl/N-ethyl adjacent to an activating group) is 1. The highest BCUT2D eigenvalue weighted by atomic mass is 19.1. The molecular weight excluding hydrogens is 1250 g/mol. The number of piperazine rings is 2. The maximum atomic E-state index is 16.6. The molecule has 2 aromatic carbocycles. The van der Waals surface area contributed by atoms with E-state index < -0.39 is 11.6 Å². The third kappa shape index (κ3) is 16.8. The van der Waals surface area contributed by atoms with Gasteiger partial charge >= 0.3 is 0 Å². The van der Waals surface area contributed by atoms with Gasteiger partial charge in [0, 0.05) is 128 Å². The van der Waals surface area contributed by atoms with E-state index in [0.717, 1.165) is 87.5 Å². The normalized spacial score (nSPS) is 19.5. The average Bonchev–Trinajstić information content (AvgIpc) is 1.36. The van der Waals surface area contributed by atoms with Gasteiger partial charge in [-0.2, -0.15) is 29.5 Å². The van der Waals surface area contributed by atoms with Crippen molar-refractivity contribution in [3.63, 3.8) is 0 Å². The molecule has 2 N–H and O–H groups in total. The highest BCUT2D eigenvalue weighted by Crippen LogP contribution is 2.35. The number of rotatable bonds is 22. The topological polar surface area (TPSA) is 236 Å². The van der Waals surface area contributed by atoms with Gasteiger partial charge in [-0.05, 0) is 139 Å². The number of piperidine rings is 2. The zero-order valence-electron chi connectivity index (χ0n) is 56.5. The molecule has 5 saturated heterocycles. The summed E-state index contributed by atoms with van der Waals surface area (Å²) in [6.07, 6.45) is 12.4. The highest BCUT2D eigenvalue weighted by molar-refractivity contribution is 5.80. The van der Waals surface area contributed by atoms with Crippen molar-refractivity contribution in [2.75, 3.05) is 139 Å². The number of halogens is 2. The predicted molar refractivity (Wildman–Crippen MR) is 372 cm³/mol. The molecule has 2 amide bonds. The van der Waals surface area contributed by atoms with Crippen LogP contribution in [0.2, 0.25) is 0 Å². The molecule has 5 aliphatic rings. The molecule has 0 saturated carbocycles. The third-order valence-corrected chi connectivity index (χ3v) is 19.1. The summed E-state index contributed by atoms with van der Waals surface area (Å²) in [5, 5.41) is 33.6. The van der Waals surface area contributed by atoms with Crippen molar-refractivity contribution >= 4 is 46.1 Å². The summed E-state index contributed by atoms with van der Waals surface area (Å²) in [6, 6.07) is 31.8. The van der Waals surface area contributed by atoms with Crippen molar-refractivity contribution in [3.8, 4) is 46.4 Å². The summed E-state index contributed by atoms with van der Waals surface area (Å²) in [7, 11) is 4.05. The maximum Gasteiger partial charge on any atom is 0.236 e. The van der Waals surface area contributed by atoms with E-state index in [1.807, 2.05) is 109 Å². The SMILES string of the molecule is C[C@@H]1CN(c2nc(-c3cnn4ccccc34)nc(N[C@@H]3CCCN(C(=O)CC#N)C3)c2F)C[C@H](C)N1Cc1ccc(OCCN(C)C)cc1.N#CCC(=O)N1CCC[C@@H](Nc2nc(-c3cnn4ccccc34)nc(N3CCN(Cc4ccc(OCCN5CCCC5)cc4)CC3)c2F)C1. The Kier molecular flexibility index (Phi) is 22.4. The molecular formula is C72H88F2N20O4. The first-order chi connectivity index (χ1) is 47.7. The van der Waals surface area contributed by atoms with Crippen LogP contribution >= 0.6 is 0 Å². The number of hydrogen-bond acceptors (Lipinski definition) is 20. The molecule has 11 heterocycles. The minimum atomic E-state index is -0.515. The van der Waals surface area contributed by atoms with Gasteiger partial charge in [-0.1, -0.05) is 36.4 Å². The second kappa shape index (κ2) is 32.2. The van der Waals surface area contributed by atoms with Crippen LogP contribution in [-0.4, -0.2) is 223 Å². The number of fused-ring (bicyclic) bond motifs is 2. The second-order valence-electron chi connectivity index (χ2n) is 26.4. The van der Waals surface area contributed by atoms with E-state index in [9.17, 15) is 9.59 Å². The van der Waals surface area contributed by atoms with Crippen LogP contribution in [0, 0.1) is 34.3 Å². The van der Waals surface area contributed by atoms with E-state index in [1.165, 1.54) is 37.1 Å². The van der Waals surface area contributed by atoms with E-state index in [1.54, 1.807) is 31.2 Å². The van der Waals surface area contributed by atoms with Crippen LogP contribution in [-0.2, 0) is 22.7 Å². The van der Waals surface area contributed by atoms with Crippen LogP contribution in [0.3, 0.4) is 0 Å². The van der Waals surface area contributed by atoms with Crippen LogP contribution in [0.1, 0.15) is 76.3 Å². The van der Waals surface area contributed by atoms with E-state index in [-0.39, 0.29) is 72.1 Å². The molecule has 0 unspecified atom stereocenters. The number of hydrogen-bond donors (Lipinski definition) is 2. The van der Waals surface area contributed by atoms with Gasteiger partial charge < -0.3 is 44.6 Å². The van der Waals surface area contributed by atoms with E-state index in [0.29, 0.717) is 88.3 Å². The predicted octanol–water partition coefficient (Wildman–Crippen LogP) is 8.33. The van der Waals surface area contributed by atoms with Crippen molar-refractivity contribution < 1.29 is 27.8 Å².